The van der Waals surface area contributed by atoms with Crippen LogP contribution in [0.15, 0.2) is 78.9 Å². The molecule has 156 valence electrons. The van der Waals surface area contributed by atoms with Gasteiger partial charge in [-0.15, -0.1) is 0 Å². The van der Waals surface area contributed by atoms with E-state index in [0.717, 1.165) is 36.8 Å². The number of rotatable bonds is 9. The third-order valence-electron chi connectivity index (χ3n) is 5.07. The van der Waals surface area contributed by atoms with Gasteiger partial charge in [-0.3, -0.25) is 0 Å². The van der Waals surface area contributed by atoms with Gasteiger partial charge in [-0.1, -0.05) is 73.1 Å². The van der Waals surface area contributed by atoms with Crippen LogP contribution in [0.3, 0.4) is 0 Å². The first kappa shape index (κ1) is 22.1. The molecule has 0 radical (unpaired) electrons. The third-order valence-corrected chi connectivity index (χ3v) is 5.32. The maximum atomic E-state index is 6.16. The standard InChI is InChI=1S/C27H30ClNO/c1-4-26(21-9-6-5-7-10-21)27(22-11-15-24(28)16-12-22)23-13-17-25(18-14-23)30-20-8-19-29(2)3/h5-7,9-18H,4,8,19-20H2,1-3H3/b27-26+. The first-order valence-corrected chi connectivity index (χ1v) is 10.9. The van der Waals surface area contributed by atoms with E-state index in [-0.39, 0.29) is 0 Å². The number of hydrogen-bond donors (Lipinski definition) is 0. The van der Waals surface area contributed by atoms with Crippen molar-refractivity contribution in [3.63, 3.8) is 0 Å². The molecule has 0 aliphatic carbocycles. The average Bonchev–Trinajstić information content (AvgIpc) is 2.77. The van der Waals surface area contributed by atoms with E-state index >= 15 is 0 Å². The molecule has 0 heterocycles. The van der Waals surface area contributed by atoms with Gasteiger partial charge in [0.25, 0.3) is 0 Å². The van der Waals surface area contributed by atoms with Crippen molar-refractivity contribution in [2.75, 3.05) is 27.2 Å². The summed E-state index contributed by atoms with van der Waals surface area (Å²) in [7, 11) is 4.16. The van der Waals surface area contributed by atoms with E-state index < -0.39 is 0 Å². The van der Waals surface area contributed by atoms with Crippen molar-refractivity contribution in [2.24, 2.45) is 0 Å². The molecule has 0 N–H and O–H groups in total. The Morgan fingerprint density at radius 3 is 1.97 bits per heavy atom. The normalized spacial score (nSPS) is 12.0. The van der Waals surface area contributed by atoms with Gasteiger partial charge in [0.1, 0.15) is 5.75 Å². The molecular weight excluding hydrogens is 390 g/mol. The maximum absolute atomic E-state index is 6.16. The van der Waals surface area contributed by atoms with Crippen LogP contribution in [-0.2, 0) is 0 Å². The fourth-order valence-corrected chi connectivity index (χ4v) is 3.71. The summed E-state index contributed by atoms with van der Waals surface area (Å²) in [5.74, 6) is 0.908. The minimum absolute atomic E-state index is 0.724. The van der Waals surface area contributed by atoms with E-state index in [1.54, 1.807) is 0 Å². The minimum Gasteiger partial charge on any atom is -0.494 e. The Morgan fingerprint density at radius 2 is 1.40 bits per heavy atom. The smallest absolute Gasteiger partial charge is 0.119 e. The number of ether oxygens (including phenoxy) is 1. The van der Waals surface area contributed by atoms with Crippen LogP contribution in [-0.4, -0.2) is 32.1 Å². The molecule has 30 heavy (non-hydrogen) atoms. The number of nitrogens with zero attached hydrogens (tertiary/aromatic N) is 1. The van der Waals surface area contributed by atoms with E-state index in [9.17, 15) is 0 Å². The van der Waals surface area contributed by atoms with Gasteiger partial charge in [-0.2, -0.15) is 0 Å². The van der Waals surface area contributed by atoms with E-state index in [1.807, 2.05) is 12.1 Å². The summed E-state index contributed by atoms with van der Waals surface area (Å²) in [5, 5.41) is 0.748. The SMILES string of the molecule is CC/C(=C(/c1ccc(Cl)cc1)c1ccc(OCCCN(C)C)cc1)c1ccccc1. The van der Waals surface area contributed by atoms with E-state index in [4.69, 9.17) is 16.3 Å². The first-order chi connectivity index (χ1) is 14.6. The van der Waals surface area contributed by atoms with Crippen LogP contribution in [0, 0.1) is 0 Å². The van der Waals surface area contributed by atoms with Crippen LogP contribution in [0.25, 0.3) is 11.1 Å². The van der Waals surface area contributed by atoms with Crippen LogP contribution in [0.5, 0.6) is 5.75 Å². The second kappa shape index (κ2) is 11.0. The molecule has 2 nitrogen and oxygen atoms in total. The van der Waals surface area contributed by atoms with E-state index in [0.29, 0.717) is 0 Å². The highest BCUT2D eigenvalue weighted by molar-refractivity contribution is 6.30. The molecule has 0 amide bonds. The molecule has 0 saturated carbocycles. The van der Waals surface area contributed by atoms with Gasteiger partial charge in [0.15, 0.2) is 0 Å². The highest BCUT2D eigenvalue weighted by Gasteiger charge is 2.13. The van der Waals surface area contributed by atoms with Gasteiger partial charge < -0.3 is 9.64 Å². The summed E-state index contributed by atoms with van der Waals surface area (Å²) in [5.41, 5.74) is 6.14. The number of hydrogen-bond acceptors (Lipinski definition) is 2. The van der Waals surface area contributed by atoms with Gasteiger partial charge >= 0.3 is 0 Å². The lowest BCUT2D eigenvalue weighted by atomic mass is 9.88. The van der Waals surface area contributed by atoms with Crippen LogP contribution < -0.4 is 4.74 Å². The molecule has 0 aromatic heterocycles. The molecule has 0 unspecified atom stereocenters. The van der Waals surface area contributed by atoms with Gasteiger partial charge in [-0.25, -0.2) is 0 Å². The fourth-order valence-electron chi connectivity index (χ4n) is 3.58. The van der Waals surface area contributed by atoms with E-state index in [1.165, 1.54) is 27.8 Å². The fraction of sp³-hybridized carbons (Fsp3) is 0.259. The minimum atomic E-state index is 0.724. The predicted octanol–water partition coefficient (Wildman–Crippen LogP) is 7.04. The quantitative estimate of drug-likeness (QED) is 0.272. The number of benzene rings is 3. The zero-order valence-corrected chi connectivity index (χ0v) is 18.8. The molecular formula is C27H30ClNO. The molecule has 0 aliphatic heterocycles. The third kappa shape index (κ3) is 5.98. The molecule has 3 rings (SSSR count). The van der Waals surface area contributed by atoms with Crippen molar-refractivity contribution in [2.45, 2.75) is 19.8 Å². The highest BCUT2D eigenvalue weighted by atomic mass is 35.5. The Bertz CT molecular complexity index is 944. The van der Waals surface area contributed by atoms with Crippen LogP contribution in [0.2, 0.25) is 5.02 Å². The summed E-state index contributed by atoms with van der Waals surface area (Å²) < 4.78 is 5.92. The second-order valence-corrected chi connectivity index (χ2v) is 8.05. The van der Waals surface area contributed by atoms with Crippen molar-refractivity contribution < 1.29 is 4.74 Å². The van der Waals surface area contributed by atoms with Gasteiger partial charge in [0.05, 0.1) is 6.61 Å². The molecule has 0 atom stereocenters. The largest absolute Gasteiger partial charge is 0.494 e. The van der Waals surface area contributed by atoms with Gasteiger partial charge in [0, 0.05) is 11.6 Å². The molecule has 0 saturated heterocycles. The molecule has 0 aliphatic rings. The predicted molar refractivity (Wildman–Crippen MR) is 129 cm³/mol. The average molecular weight is 420 g/mol. The van der Waals surface area contributed by atoms with Crippen LogP contribution in [0.1, 0.15) is 36.5 Å². The number of halogens is 1. The molecule has 0 bridgehead atoms. The van der Waals surface area contributed by atoms with Crippen molar-refractivity contribution in [1.82, 2.24) is 4.90 Å². The van der Waals surface area contributed by atoms with Crippen LogP contribution in [0.4, 0.5) is 0 Å². The van der Waals surface area contributed by atoms with E-state index in [2.05, 4.69) is 92.6 Å². The van der Waals surface area contributed by atoms with Crippen molar-refractivity contribution in [1.29, 1.82) is 0 Å². The van der Waals surface area contributed by atoms with Crippen molar-refractivity contribution in [3.05, 3.63) is 101 Å². The van der Waals surface area contributed by atoms with Crippen LogP contribution >= 0.6 is 11.6 Å². The Balaban J connectivity index is 1.95. The molecule has 3 aromatic rings. The Labute approximate surface area is 185 Å². The summed E-state index contributed by atoms with van der Waals surface area (Å²) >= 11 is 6.16. The van der Waals surface area contributed by atoms with Gasteiger partial charge in [0.2, 0.25) is 0 Å². The van der Waals surface area contributed by atoms with Gasteiger partial charge in [-0.05, 0) is 79.0 Å². The summed E-state index contributed by atoms with van der Waals surface area (Å²) in [6.07, 6.45) is 1.95. The van der Waals surface area contributed by atoms with Crippen molar-refractivity contribution in [3.8, 4) is 5.75 Å². The summed E-state index contributed by atoms with van der Waals surface area (Å²) in [6.45, 7) is 3.96. The second-order valence-electron chi connectivity index (χ2n) is 7.61. The topological polar surface area (TPSA) is 12.5 Å². The summed E-state index contributed by atoms with van der Waals surface area (Å²) in [4.78, 5) is 2.17. The highest BCUT2D eigenvalue weighted by Crippen LogP contribution is 2.35. The lowest BCUT2D eigenvalue weighted by molar-refractivity contribution is 0.281. The zero-order chi connectivity index (χ0) is 21.3. The molecule has 0 fully saturated rings. The lowest BCUT2D eigenvalue weighted by Gasteiger charge is -2.17. The molecule has 0 spiro atoms. The Kier molecular flexibility index (Phi) is 8.12. The Morgan fingerprint density at radius 1 is 0.800 bits per heavy atom. The monoisotopic (exact) mass is 419 g/mol. The first-order valence-electron chi connectivity index (χ1n) is 10.5. The zero-order valence-electron chi connectivity index (χ0n) is 18.1. The lowest BCUT2D eigenvalue weighted by Crippen LogP contribution is -2.15. The molecule has 3 heteroatoms. The molecule has 3 aromatic carbocycles. The maximum Gasteiger partial charge on any atom is 0.119 e. The Hall–Kier alpha value is -2.55. The summed E-state index contributed by atoms with van der Waals surface area (Å²) in [6, 6.07) is 27.2. The van der Waals surface area contributed by atoms with Crippen molar-refractivity contribution >= 4 is 22.7 Å². The number of allylic oxidation sites excluding steroid dienone is 1.